The predicted molar refractivity (Wildman–Crippen MR) is 77.0 cm³/mol. The maximum Gasteiger partial charge on any atom is 0.248 e. The lowest BCUT2D eigenvalue weighted by molar-refractivity contribution is -0.0721. The lowest BCUT2D eigenvalue weighted by atomic mass is 9.59. The van der Waals surface area contributed by atoms with E-state index in [9.17, 15) is 8.78 Å². The monoisotopic (exact) mass is 279 g/mol. The number of aryl methyl sites for hydroxylation is 1. The molecule has 1 saturated carbocycles. The molecule has 110 valence electrons. The number of fused-ring (bicyclic) bond motifs is 1. The number of hydrogen-bond donors (Lipinski definition) is 1. The van der Waals surface area contributed by atoms with E-state index in [0.29, 0.717) is 25.3 Å². The maximum absolute atomic E-state index is 13.5. The third-order valence-electron chi connectivity index (χ3n) is 5.49. The summed E-state index contributed by atoms with van der Waals surface area (Å²) in [6, 6.07) is 8.51. The number of rotatable bonds is 2. The topological polar surface area (TPSA) is 26.0 Å². The van der Waals surface area contributed by atoms with Gasteiger partial charge in [0.1, 0.15) is 0 Å². The van der Waals surface area contributed by atoms with E-state index in [1.54, 1.807) is 0 Å². The first-order valence-corrected chi connectivity index (χ1v) is 7.72. The van der Waals surface area contributed by atoms with Gasteiger partial charge in [0, 0.05) is 12.8 Å². The largest absolute Gasteiger partial charge is 0.330 e. The van der Waals surface area contributed by atoms with Crippen LogP contribution in [0.5, 0.6) is 0 Å². The van der Waals surface area contributed by atoms with Gasteiger partial charge in [0.25, 0.3) is 0 Å². The van der Waals surface area contributed by atoms with E-state index < -0.39 is 5.92 Å². The molecule has 2 N–H and O–H groups in total. The molecule has 2 aliphatic rings. The summed E-state index contributed by atoms with van der Waals surface area (Å²) in [5.74, 6) is -2.11. The van der Waals surface area contributed by atoms with Gasteiger partial charge in [0.2, 0.25) is 5.92 Å². The average molecular weight is 279 g/mol. The molecular formula is C17H23F2N. The zero-order chi connectivity index (χ0) is 14.2. The minimum absolute atomic E-state index is 0.00284. The summed E-state index contributed by atoms with van der Waals surface area (Å²) < 4.78 is 27.0. The van der Waals surface area contributed by atoms with Crippen LogP contribution in [0.3, 0.4) is 0 Å². The van der Waals surface area contributed by atoms with Crippen molar-refractivity contribution in [3.05, 3.63) is 35.4 Å². The molecule has 20 heavy (non-hydrogen) atoms. The molecule has 0 radical (unpaired) electrons. The molecule has 0 saturated heterocycles. The first-order chi connectivity index (χ1) is 9.56. The third-order valence-corrected chi connectivity index (χ3v) is 5.49. The van der Waals surface area contributed by atoms with Crippen LogP contribution in [0, 0.1) is 5.41 Å². The molecule has 2 aliphatic carbocycles. The van der Waals surface area contributed by atoms with Crippen LogP contribution in [-0.2, 0) is 6.42 Å². The quantitative estimate of drug-likeness (QED) is 0.860. The Morgan fingerprint density at radius 2 is 1.80 bits per heavy atom. The van der Waals surface area contributed by atoms with E-state index in [4.69, 9.17) is 5.73 Å². The highest BCUT2D eigenvalue weighted by molar-refractivity contribution is 5.34. The Hall–Kier alpha value is -0.960. The summed E-state index contributed by atoms with van der Waals surface area (Å²) in [6.45, 7) is 0.530. The van der Waals surface area contributed by atoms with Crippen LogP contribution in [0.25, 0.3) is 0 Å². The summed E-state index contributed by atoms with van der Waals surface area (Å²) in [5.41, 5.74) is 8.72. The van der Waals surface area contributed by atoms with Crippen molar-refractivity contribution in [3.8, 4) is 0 Å². The van der Waals surface area contributed by atoms with Crippen molar-refractivity contribution in [2.75, 3.05) is 6.54 Å². The number of hydrogen-bond acceptors (Lipinski definition) is 1. The Labute approximate surface area is 119 Å². The fourth-order valence-electron chi connectivity index (χ4n) is 4.20. The second kappa shape index (κ2) is 5.10. The summed E-state index contributed by atoms with van der Waals surface area (Å²) in [6.07, 6.45) is 4.50. The van der Waals surface area contributed by atoms with Crippen LogP contribution in [-0.4, -0.2) is 12.5 Å². The Morgan fingerprint density at radius 3 is 2.50 bits per heavy atom. The highest BCUT2D eigenvalue weighted by Crippen LogP contribution is 2.53. The number of halogens is 2. The van der Waals surface area contributed by atoms with Gasteiger partial charge in [-0.15, -0.1) is 0 Å². The van der Waals surface area contributed by atoms with Crippen molar-refractivity contribution in [1.82, 2.24) is 0 Å². The van der Waals surface area contributed by atoms with Gasteiger partial charge < -0.3 is 5.73 Å². The van der Waals surface area contributed by atoms with Gasteiger partial charge in [0.05, 0.1) is 0 Å². The Kier molecular flexibility index (Phi) is 3.57. The number of nitrogens with two attached hydrogens (primary N) is 1. The predicted octanol–water partition coefficient (Wildman–Crippen LogP) is 4.26. The summed E-state index contributed by atoms with van der Waals surface area (Å²) in [5, 5.41) is 0. The van der Waals surface area contributed by atoms with E-state index >= 15 is 0 Å². The van der Waals surface area contributed by atoms with E-state index in [1.165, 1.54) is 11.1 Å². The Morgan fingerprint density at radius 1 is 1.10 bits per heavy atom. The molecule has 3 heteroatoms. The molecule has 1 fully saturated rings. The zero-order valence-corrected chi connectivity index (χ0v) is 11.9. The Balaban J connectivity index is 1.91. The molecule has 0 bridgehead atoms. The zero-order valence-electron chi connectivity index (χ0n) is 11.9. The second-order valence-electron chi connectivity index (χ2n) is 6.57. The SMILES string of the molecule is NCC1(C2CCCc3ccccc32)CCC(F)(F)CC1. The lowest BCUT2D eigenvalue weighted by Gasteiger charge is -2.47. The van der Waals surface area contributed by atoms with Crippen molar-refractivity contribution in [2.24, 2.45) is 11.1 Å². The highest BCUT2D eigenvalue weighted by atomic mass is 19.3. The molecular weight excluding hydrogens is 256 g/mol. The first kappa shape index (κ1) is 14.0. The molecule has 0 aromatic heterocycles. The van der Waals surface area contributed by atoms with Crippen LogP contribution in [0.1, 0.15) is 55.6 Å². The summed E-state index contributed by atoms with van der Waals surface area (Å²) in [4.78, 5) is 0. The molecule has 0 aliphatic heterocycles. The third kappa shape index (κ3) is 2.37. The normalized spacial score (nSPS) is 27.9. The molecule has 1 nitrogen and oxygen atoms in total. The van der Waals surface area contributed by atoms with Crippen LogP contribution in [0.2, 0.25) is 0 Å². The van der Waals surface area contributed by atoms with Gasteiger partial charge in [0.15, 0.2) is 0 Å². The van der Waals surface area contributed by atoms with Crippen LogP contribution < -0.4 is 5.73 Å². The molecule has 3 rings (SSSR count). The standard InChI is InChI=1S/C17H23F2N/c18-17(19)10-8-16(12-20,9-11-17)15-7-3-5-13-4-1-2-6-14(13)15/h1-2,4,6,15H,3,5,7-12,20H2. The first-order valence-electron chi connectivity index (χ1n) is 7.72. The van der Waals surface area contributed by atoms with Crippen LogP contribution in [0.15, 0.2) is 24.3 Å². The molecule has 0 spiro atoms. The van der Waals surface area contributed by atoms with Crippen LogP contribution in [0.4, 0.5) is 8.78 Å². The highest BCUT2D eigenvalue weighted by Gasteiger charge is 2.47. The van der Waals surface area contributed by atoms with Crippen molar-refractivity contribution >= 4 is 0 Å². The number of benzene rings is 1. The van der Waals surface area contributed by atoms with Gasteiger partial charge in [-0.2, -0.15) is 0 Å². The molecule has 0 amide bonds. The van der Waals surface area contributed by atoms with Crippen LogP contribution >= 0.6 is 0 Å². The molecule has 1 unspecified atom stereocenters. The fraction of sp³-hybridized carbons (Fsp3) is 0.647. The van der Waals surface area contributed by atoms with Crippen molar-refractivity contribution in [1.29, 1.82) is 0 Å². The molecule has 0 heterocycles. The summed E-state index contributed by atoms with van der Waals surface area (Å²) in [7, 11) is 0. The van der Waals surface area contributed by atoms with Gasteiger partial charge in [-0.1, -0.05) is 24.3 Å². The average Bonchev–Trinajstić information content (AvgIpc) is 2.48. The van der Waals surface area contributed by atoms with Gasteiger partial charge in [-0.05, 0) is 61.1 Å². The van der Waals surface area contributed by atoms with E-state index in [0.717, 1.165) is 19.3 Å². The van der Waals surface area contributed by atoms with Crippen molar-refractivity contribution in [3.63, 3.8) is 0 Å². The second-order valence-corrected chi connectivity index (χ2v) is 6.57. The van der Waals surface area contributed by atoms with E-state index in [-0.39, 0.29) is 18.3 Å². The summed E-state index contributed by atoms with van der Waals surface area (Å²) >= 11 is 0. The molecule has 1 atom stereocenters. The van der Waals surface area contributed by atoms with E-state index in [2.05, 4.69) is 24.3 Å². The molecule has 1 aromatic carbocycles. The number of alkyl halides is 2. The lowest BCUT2D eigenvalue weighted by Crippen LogP contribution is -2.43. The Bertz CT molecular complexity index is 474. The van der Waals surface area contributed by atoms with Gasteiger partial charge >= 0.3 is 0 Å². The minimum Gasteiger partial charge on any atom is -0.330 e. The van der Waals surface area contributed by atoms with Gasteiger partial charge in [-0.3, -0.25) is 0 Å². The van der Waals surface area contributed by atoms with Gasteiger partial charge in [-0.25, -0.2) is 8.78 Å². The van der Waals surface area contributed by atoms with Crippen molar-refractivity contribution < 1.29 is 8.78 Å². The van der Waals surface area contributed by atoms with E-state index in [1.807, 2.05) is 0 Å². The maximum atomic E-state index is 13.5. The van der Waals surface area contributed by atoms with Crippen molar-refractivity contribution in [2.45, 2.75) is 56.8 Å². The molecule has 1 aromatic rings. The fourth-order valence-corrected chi connectivity index (χ4v) is 4.20. The smallest absolute Gasteiger partial charge is 0.248 e. The minimum atomic E-state index is -2.48.